The Bertz CT molecular complexity index is 1460. The van der Waals surface area contributed by atoms with E-state index in [1.165, 1.54) is 24.3 Å². The summed E-state index contributed by atoms with van der Waals surface area (Å²) in [5.41, 5.74) is 7.97. The molecule has 2 N–H and O–H groups in total. The average molecular weight is 491 g/mol. The number of nitro benzene ring substituents is 1. The van der Waals surface area contributed by atoms with Crippen LogP contribution in [-0.2, 0) is 16.5 Å². The van der Waals surface area contributed by atoms with Crippen molar-refractivity contribution in [3.63, 3.8) is 0 Å². The number of fused-ring (bicyclic) bond motifs is 8. The number of rotatable bonds is 1. The number of nitro groups is 1. The molecule has 2 aliphatic heterocycles. The molecule has 0 aliphatic carbocycles. The van der Waals surface area contributed by atoms with Gasteiger partial charge in [0.15, 0.2) is 5.69 Å². The number of nitrogens with zero attached hydrogens (tertiary/aromatic N) is 3. The summed E-state index contributed by atoms with van der Waals surface area (Å²) in [6, 6.07) is 24.9. The van der Waals surface area contributed by atoms with E-state index in [1.54, 1.807) is 0 Å². The van der Waals surface area contributed by atoms with E-state index in [2.05, 4.69) is 56.3 Å². The van der Waals surface area contributed by atoms with Gasteiger partial charge < -0.3 is 9.97 Å². The van der Waals surface area contributed by atoms with Crippen molar-refractivity contribution in [1.29, 1.82) is 0 Å². The maximum absolute atomic E-state index is 9.99. The van der Waals surface area contributed by atoms with Crippen LogP contribution in [0.3, 0.4) is 0 Å². The number of aromatic amines is 2. The summed E-state index contributed by atoms with van der Waals surface area (Å²) in [6.07, 6.45) is 8.05. The van der Waals surface area contributed by atoms with Gasteiger partial charge in [-0.2, -0.15) is 18.2 Å². The second kappa shape index (κ2) is 10.1. The molecule has 1 aromatic carbocycles. The van der Waals surface area contributed by atoms with Crippen molar-refractivity contribution in [1.82, 2.24) is 19.9 Å². The summed E-state index contributed by atoms with van der Waals surface area (Å²) in [7, 11) is 0. The van der Waals surface area contributed by atoms with Gasteiger partial charge in [0.1, 0.15) is 0 Å². The van der Waals surface area contributed by atoms with Crippen LogP contribution in [0.15, 0.2) is 72.8 Å². The summed E-state index contributed by atoms with van der Waals surface area (Å²) in [4.78, 5) is 25.6. The maximum atomic E-state index is 9.99. The van der Waals surface area contributed by atoms with E-state index in [0.717, 1.165) is 44.8 Å². The van der Waals surface area contributed by atoms with Crippen LogP contribution < -0.4 is 0 Å². The molecule has 170 valence electrons. The first kappa shape index (κ1) is 22.9. The fourth-order valence-corrected chi connectivity index (χ4v) is 3.44. The van der Waals surface area contributed by atoms with Crippen LogP contribution in [0.2, 0.25) is 0 Å². The Kier molecular flexibility index (Phi) is 6.80. The molecule has 34 heavy (non-hydrogen) atoms. The molecule has 5 heterocycles. The van der Waals surface area contributed by atoms with Gasteiger partial charge >= 0.3 is 0 Å². The van der Waals surface area contributed by atoms with Crippen molar-refractivity contribution in [2.24, 2.45) is 0 Å². The number of nitrogens with one attached hydrogen (secondary N) is 2. The number of H-pyrrole nitrogens is 2. The van der Waals surface area contributed by atoms with Crippen molar-refractivity contribution in [2.45, 2.75) is 0 Å². The Morgan fingerprint density at radius 1 is 0.647 bits per heavy atom. The maximum Gasteiger partial charge on any atom is 0.166 e. The van der Waals surface area contributed by atoms with E-state index >= 15 is 0 Å². The predicted molar refractivity (Wildman–Crippen MR) is 131 cm³/mol. The van der Waals surface area contributed by atoms with Gasteiger partial charge in [0.2, 0.25) is 0 Å². The second-order valence-electron chi connectivity index (χ2n) is 7.42. The monoisotopic (exact) mass is 490 g/mol. The molecular weight excluding hydrogens is 473 g/mol. The summed E-state index contributed by atoms with van der Waals surface area (Å²) in [5, 5.41) is 9.99. The Balaban J connectivity index is 0.000000234. The molecule has 4 aromatic rings. The average Bonchev–Trinajstić information content (AvgIpc) is 3.61. The molecule has 0 fully saturated rings. The molecule has 0 amide bonds. The van der Waals surface area contributed by atoms with Gasteiger partial charge in [-0.05, 0) is 72.8 Å². The Morgan fingerprint density at radius 2 is 1.06 bits per heavy atom. The fourth-order valence-electron chi connectivity index (χ4n) is 3.44. The first-order chi connectivity index (χ1) is 16.1. The van der Waals surface area contributed by atoms with Crippen LogP contribution >= 0.6 is 0 Å². The van der Waals surface area contributed by atoms with Crippen LogP contribution in [0, 0.1) is 16.2 Å². The minimum Gasteiger partial charge on any atom is -0.355 e. The van der Waals surface area contributed by atoms with Gasteiger partial charge in [-0.3, -0.25) is 10.1 Å². The number of benzene rings is 1. The molecule has 0 saturated carbocycles. The topological polar surface area (TPSA) is 101 Å². The molecule has 2 aliphatic rings. The Labute approximate surface area is 205 Å². The Morgan fingerprint density at radius 3 is 1.47 bits per heavy atom. The Hall–Kier alpha value is -4.29. The first-order valence-corrected chi connectivity index (χ1v) is 10.3. The minimum absolute atomic E-state index is 0. The molecule has 3 aromatic heterocycles. The standard InChI is InChI=1S/C20H14N4.C6H4NO2.Ni/c1-2-14-10-16-5-6-18(23-16)12-20-8-7-19(24-20)11-17-4-3-15(22-17)9-13(1)21-14;8-7(9)6-4-2-1-3-5-6;/h1-12,21-22H;2-5H;/q;-1;. The first-order valence-electron chi connectivity index (χ1n) is 10.3. The molecule has 8 heteroatoms. The molecule has 7 nitrogen and oxygen atoms in total. The summed E-state index contributed by atoms with van der Waals surface area (Å²) in [5.74, 6) is 0. The third-order valence-electron chi connectivity index (χ3n) is 4.95. The van der Waals surface area contributed by atoms with E-state index in [-0.39, 0.29) is 22.2 Å². The SMILES string of the molecule is C1=Cc2cc3ccc(cc4ccc(cc5nc(cc1n2)C=C5)[nH]4)[nH]3.O=[N+]([O-])c1cc[c-]cc1.[Ni]. The number of aromatic nitrogens is 4. The number of hydrogen-bond donors (Lipinski definition) is 2. The summed E-state index contributed by atoms with van der Waals surface area (Å²) in [6.45, 7) is 0. The molecule has 0 spiro atoms. The zero-order valence-electron chi connectivity index (χ0n) is 17.7. The van der Waals surface area contributed by atoms with Crippen LogP contribution in [0.5, 0.6) is 0 Å². The largest absolute Gasteiger partial charge is 0.355 e. The third-order valence-corrected chi connectivity index (χ3v) is 4.95. The molecule has 8 bridgehead atoms. The van der Waals surface area contributed by atoms with E-state index < -0.39 is 4.92 Å². The molecular formula is C26H18N5NiO2-. The third kappa shape index (κ3) is 5.55. The van der Waals surface area contributed by atoms with Crippen LogP contribution in [-0.4, -0.2) is 24.9 Å². The van der Waals surface area contributed by atoms with E-state index in [0.29, 0.717) is 0 Å². The van der Waals surface area contributed by atoms with Crippen LogP contribution in [0.4, 0.5) is 5.69 Å². The smallest absolute Gasteiger partial charge is 0.166 e. The van der Waals surface area contributed by atoms with Crippen molar-refractivity contribution < 1.29 is 21.4 Å². The molecule has 6 rings (SSSR count). The van der Waals surface area contributed by atoms with Crippen molar-refractivity contribution in [3.05, 3.63) is 112 Å². The second-order valence-corrected chi connectivity index (χ2v) is 7.42. The van der Waals surface area contributed by atoms with Gasteiger partial charge in [-0.1, -0.05) is 12.1 Å². The molecule has 0 unspecified atom stereocenters. The van der Waals surface area contributed by atoms with Gasteiger partial charge in [0.05, 0.1) is 22.8 Å². The van der Waals surface area contributed by atoms with E-state index in [1.807, 2.05) is 42.5 Å². The van der Waals surface area contributed by atoms with Gasteiger partial charge in [-0.15, -0.1) is 0 Å². The zero-order chi connectivity index (χ0) is 22.6. The number of hydrogen-bond acceptors (Lipinski definition) is 4. The van der Waals surface area contributed by atoms with Crippen molar-refractivity contribution in [2.75, 3.05) is 0 Å². The van der Waals surface area contributed by atoms with E-state index in [9.17, 15) is 10.1 Å². The van der Waals surface area contributed by atoms with E-state index in [4.69, 9.17) is 0 Å². The van der Waals surface area contributed by atoms with Gasteiger partial charge in [-0.25, -0.2) is 9.97 Å². The quantitative estimate of drug-likeness (QED) is 0.127. The predicted octanol–water partition coefficient (Wildman–Crippen LogP) is 6.05. The molecule has 0 saturated heterocycles. The van der Waals surface area contributed by atoms with Crippen LogP contribution in [0.25, 0.3) is 46.4 Å². The fraction of sp³-hybridized carbons (Fsp3) is 0. The summed E-state index contributed by atoms with van der Waals surface area (Å²) >= 11 is 0. The summed E-state index contributed by atoms with van der Waals surface area (Å²) < 4.78 is 0. The zero-order valence-corrected chi connectivity index (χ0v) is 18.7. The molecule has 0 radical (unpaired) electrons. The minimum atomic E-state index is -0.437. The normalized spacial score (nSPS) is 11.3. The van der Waals surface area contributed by atoms with Crippen molar-refractivity contribution in [3.8, 4) is 0 Å². The number of non-ortho nitro benzene ring substituents is 1. The van der Waals surface area contributed by atoms with Crippen molar-refractivity contribution >= 4 is 52.1 Å². The molecule has 0 atom stereocenters. The van der Waals surface area contributed by atoms with Gasteiger partial charge in [0, 0.05) is 43.5 Å². The van der Waals surface area contributed by atoms with Crippen LogP contribution in [0.1, 0.15) is 22.8 Å². The van der Waals surface area contributed by atoms with Gasteiger partial charge in [0.25, 0.3) is 0 Å².